The third-order valence-electron chi connectivity index (χ3n) is 5.64. The summed E-state index contributed by atoms with van der Waals surface area (Å²) in [6.07, 6.45) is 1.62. The van der Waals surface area contributed by atoms with Gasteiger partial charge in [0, 0.05) is 0 Å². The van der Waals surface area contributed by atoms with Crippen LogP contribution in [0.2, 0.25) is 0 Å². The number of aromatic nitrogens is 2. The quantitative estimate of drug-likeness (QED) is 0.244. The lowest BCUT2D eigenvalue weighted by Gasteiger charge is -2.22. The minimum Gasteiger partial charge on any atom is -0.467 e. The second-order valence-electron chi connectivity index (χ2n) is 8.25. The third kappa shape index (κ3) is 5.05. The molecule has 3 heterocycles. The van der Waals surface area contributed by atoms with E-state index < -0.39 is 0 Å². The topological polar surface area (TPSA) is 60.5 Å². The second-order valence-corrected chi connectivity index (χ2v) is 9.20. The Morgan fingerprint density at radius 3 is 2.57 bits per heavy atom. The number of aryl methyl sites for hydroxylation is 2. The van der Waals surface area contributed by atoms with Crippen LogP contribution in [0.1, 0.15) is 32.3 Å². The first-order valence-electron chi connectivity index (χ1n) is 11.3. The lowest BCUT2D eigenvalue weighted by molar-refractivity contribution is 0.0721. The standard InChI is InChI=1S/C28H25N3O3S/c1-20-9-6-12-23(17-20)34-28-25(21(2)29-31(28)22-10-4-3-5-11-22)19-30(18-24-13-7-15-33-24)27(32)26-14-8-16-35-26/h3-17H,18-19H2,1-2H3. The number of hydrogen-bond donors (Lipinski definition) is 0. The van der Waals surface area contributed by atoms with Crippen LogP contribution in [0.3, 0.4) is 0 Å². The van der Waals surface area contributed by atoms with Crippen molar-refractivity contribution >= 4 is 17.2 Å². The molecule has 35 heavy (non-hydrogen) atoms. The Hall–Kier alpha value is -4.10. The van der Waals surface area contributed by atoms with E-state index in [1.165, 1.54) is 11.3 Å². The lowest BCUT2D eigenvalue weighted by atomic mass is 10.2. The molecule has 0 N–H and O–H groups in total. The van der Waals surface area contributed by atoms with Crippen molar-refractivity contribution in [1.29, 1.82) is 0 Å². The van der Waals surface area contributed by atoms with E-state index >= 15 is 0 Å². The summed E-state index contributed by atoms with van der Waals surface area (Å²) in [6.45, 7) is 4.62. The summed E-state index contributed by atoms with van der Waals surface area (Å²) in [5.74, 6) is 1.95. The fourth-order valence-corrected chi connectivity index (χ4v) is 4.59. The Morgan fingerprint density at radius 2 is 1.86 bits per heavy atom. The van der Waals surface area contributed by atoms with Gasteiger partial charge < -0.3 is 14.1 Å². The molecule has 0 radical (unpaired) electrons. The Bertz CT molecular complexity index is 1410. The van der Waals surface area contributed by atoms with Gasteiger partial charge in [0.15, 0.2) is 0 Å². The Morgan fingerprint density at radius 1 is 1.00 bits per heavy atom. The largest absolute Gasteiger partial charge is 0.467 e. The minimum atomic E-state index is -0.0650. The zero-order chi connectivity index (χ0) is 24.2. The fourth-order valence-electron chi connectivity index (χ4n) is 3.90. The summed E-state index contributed by atoms with van der Waals surface area (Å²) in [7, 11) is 0. The van der Waals surface area contributed by atoms with E-state index in [2.05, 4.69) is 0 Å². The van der Waals surface area contributed by atoms with Gasteiger partial charge in [0.25, 0.3) is 5.91 Å². The molecule has 5 rings (SSSR count). The van der Waals surface area contributed by atoms with E-state index in [1.54, 1.807) is 15.8 Å². The number of rotatable bonds is 8. The summed E-state index contributed by atoms with van der Waals surface area (Å²) in [4.78, 5) is 15.9. The molecule has 6 nitrogen and oxygen atoms in total. The van der Waals surface area contributed by atoms with Crippen LogP contribution >= 0.6 is 11.3 Å². The number of carbonyl (C=O) groups excluding carboxylic acids is 1. The molecule has 0 aliphatic heterocycles. The van der Waals surface area contributed by atoms with Crippen molar-refractivity contribution in [3.63, 3.8) is 0 Å². The number of nitrogens with zero attached hydrogens (tertiary/aromatic N) is 3. The number of para-hydroxylation sites is 1. The van der Waals surface area contributed by atoms with E-state index in [4.69, 9.17) is 14.3 Å². The number of benzene rings is 2. The summed E-state index contributed by atoms with van der Waals surface area (Å²) in [6, 6.07) is 25.2. The number of hydrogen-bond acceptors (Lipinski definition) is 5. The highest BCUT2D eigenvalue weighted by Crippen LogP contribution is 2.33. The average Bonchev–Trinajstić information content (AvgIpc) is 3.63. The molecular weight excluding hydrogens is 458 g/mol. The molecule has 1 amide bonds. The molecular formula is C28H25N3O3S. The molecule has 0 aliphatic carbocycles. The van der Waals surface area contributed by atoms with Crippen molar-refractivity contribution in [3.8, 4) is 17.3 Å². The van der Waals surface area contributed by atoms with Gasteiger partial charge in [0.2, 0.25) is 5.88 Å². The zero-order valence-corrected chi connectivity index (χ0v) is 20.4. The molecule has 0 aliphatic rings. The van der Waals surface area contributed by atoms with E-state index in [0.717, 1.165) is 22.5 Å². The molecule has 2 aromatic carbocycles. The fraction of sp³-hybridized carbons (Fsp3) is 0.143. The summed E-state index contributed by atoms with van der Waals surface area (Å²) in [5, 5.41) is 6.71. The number of ether oxygens (including phenoxy) is 1. The van der Waals surface area contributed by atoms with Gasteiger partial charge in [-0.15, -0.1) is 11.3 Å². The minimum absolute atomic E-state index is 0.0650. The molecule has 0 saturated carbocycles. The number of furan rings is 1. The monoisotopic (exact) mass is 483 g/mol. The van der Waals surface area contributed by atoms with Gasteiger partial charge >= 0.3 is 0 Å². The van der Waals surface area contributed by atoms with Crippen molar-refractivity contribution < 1.29 is 13.9 Å². The SMILES string of the molecule is Cc1cccc(Oc2c(CN(Cc3ccco3)C(=O)c3cccs3)c(C)nn2-c2ccccc2)c1. The molecule has 0 bridgehead atoms. The number of amides is 1. The van der Waals surface area contributed by atoms with Crippen LogP contribution in [0.5, 0.6) is 11.6 Å². The maximum atomic E-state index is 13.5. The predicted octanol–water partition coefficient (Wildman–Crippen LogP) is 6.78. The maximum Gasteiger partial charge on any atom is 0.264 e. The Balaban J connectivity index is 1.57. The van der Waals surface area contributed by atoms with Gasteiger partial charge in [-0.1, -0.05) is 36.4 Å². The molecule has 0 unspecified atom stereocenters. The van der Waals surface area contributed by atoms with Crippen LogP contribution < -0.4 is 4.74 Å². The lowest BCUT2D eigenvalue weighted by Crippen LogP contribution is -2.29. The highest BCUT2D eigenvalue weighted by atomic mass is 32.1. The first kappa shape index (κ1) is 22.7. The third-order valence-corrected chi connectivity index (χ3v) is 6.49. The Kier molecular flexibility index (Phi) is 6.50. The molecule has 0 spiro atoms. The van der Waals surface area contributed by atoms with Crippen molar-refractivity contribution in [2.45, 2.75) is 26.9 Å². The van der Waals surface area contributed by atoms with Gasteiger partial charge in [-0.05, 0) is 67.3 Å². The predicted molar refractivity (Wildman–Crippen MR) is 136 cm³/mol. The maximum absolute atomic E-state index is 13.5. The second kappa shape index (κ2) is 10.0. The van der Waals surface area contributed by atoms with Crippen molar-refractivity contribution in [3.05, 3.63) is 118 Å². The van der Waals surface area contributed by atoms with Gasteiger partial charge in [-0.2, -0.15) is 5.10 Å². The van der Waals surface area contributed by atoms with E-state index in [0.29, 0.717) is 35.4 Å². The molecule has 5 aromatic rings. The van der Waals surface area contributed by atoms with Crippen LogP contribution in [0.4, 0.5) is 0 Å². The molecule has 0 atom stereocenters. The summed E-state index contributed by atoms with van der Waals surface area (Å²) < 4.78 is 13.8. The molecule has 0 fully saturated rings. The van der Waals surface area contributed by atoms with Crippen LogP contribution in [-0.2, 0) is 13.1 Å². The number of thiophene rings is 1. The van der Waals surface area contributed by atoms with Crippen molar-refractivity contribution in [2.75, 3.05) is 0 Å². The first-order valence-corrected chi connectivity index (χ1v) is 12.2. The van der Waals surface area contributed by atoms with Gasteiger partial charge in [0.1, 0.15) is 11.5 Å². The molecule has 7 heteroatoms. The zero-order valence-electron chi connectivity index (χ0n) is 19.5. The summed E-state index contributed by atoms with van der Waals surface area (Å²) >= 11 is 1.42. The normalized spacial score (nSPS) is 10.9. The van der Waals surface area contributed by atoms with Crippen LogP contribution in [0, 0.1) is 13.8 Å². The average molecular weight is 484 g/mol. The molecule has 0 saturated heterocycles. The van der Waals surface area contributed by atoms with Gasteiger partial charge in [-0.25, -0.2) is 4.68 Å². The highest BCUT2D eigenvalue weighted by molar-refractivity contribution is 7.12. The Labute approximate surface area is 208 Å². The van der Waals surface area contributed by atoms with Gasteiger partial charge in [0.05, 0.1) is 41.2 Å². The van der Waals surface area contributed by atoms with E-state index in [9.17, 15) is 4.79 Å². The van der Waals surface area contributed by atoms with Gasteiger partial charge in [-0.3, -0.25) is 4.79 Å². The van der Waals surface area contributed by atoms with Crippen LogP contribution in [-0.4, -0.2) is 20.6 Å². The highest BCUT2D eigenvalue weighted by Gasteiger charge is 2.25. The number of carbonyl (C=O) groups is 1. The first-order chi connectivity index (χ1) is 17.1. The smallest absolute Gasteiger partial charge is 0.264 e. The molecule has 176 valence electrons. The summed E-state index contributed by atoms with van der Waals surface area (Å²) in [5.41, 5.74) is 3.61. The van der Waals surface area contributed by atoms with Crippen LogP contribution in [0.25, 0.3) is 5.69 Å². The molecule has 3 aromatic heterocycles. The van der Waals surface area contributed by atoms with Crippen molar-refractivity contribution in [2.24, 2.45) is 0 Å². The van der Waals surface area contributed by atoms with E-state index in [1.807, 2.05) is 98.1 Å². The van der Waals surface area contributed by atoms with Crippen LogP contribution in [0.15, 0.2) is 94.9 Å². The van der Waals surface area contributed by atoms with Crippen molar-refractivity contribution in [1.82, 2.24) is 14.7 Å². The van der Waals surface area contributed by atoms with E-state index in [-0.39, 0.29) is 5.91 Å².